The lowest BCUT2D eigenvalue weighted by Gasteiger charge is -2.37. The molecule has 0 spiro atoms. The summed E-state index contributed by atoms with van der Waals surface area (Å²) in [6.07, 6.45) is 9.47. The van der Waals surface area contributed by atoms with Gasteiger partial charge in [-0.1, -0.05) is 12.2 Å². The van der Waals surface area contributed by atoms with Crippen LogP contribution in [0.1, 0.15) is 38.2 Å². The van der Waals surface area contributed by atoms with Crippen LogP contribution in [-0.2, 0) is 6.54 Å². The Hall–Kier alpha value is -1.93. The Labute approximate surface area is 177 Å². The number of halogens is 2. The number of hydrogen-bond acceptors (Lipinski definition) is 5. The number of piperidine rings is 1. The zero-order valence-electron chi connectivity index (χ0n) is 16.9. The molecule has 1 aromatic carbocycles. The van der Waals surface area contributed by atoms with Crippen molar-refractivity contribution in [2.45, 2.75) is 51.2 Å². The van der Waals surface area contributed by atoms with Crippen molar-refractivity contribution in [3.8, 4) is 0 Å². The lowest BCUT2D eigenvalue weighted by molar-refractivity contribution is 0.363. The van der Waals surface area contributed by atoms with Gasteiger partial charge in [0.05, 0.1) is 18.4 Å². The van der Waals surface area contributed by atoms with Crippen molar-refractivity contribution in [3.05, 3.63) is 41.5 Å². The molecular formula is C21H31F2N5S. The van der Waals surface area contributed by atoms with E-state index in [-0.39, 0.29) is 24.3 Å². The van der Waals surface area contributed by atoms with E-state index in [1.165, 1.54) is 17.0 Å². The maximum absolute atomic E-state index is 14.7. The molecule has 1 aliphatic heterocycles. The fraction of sp³-hybridized carbons (Fsp3) is 0.524. The molecule has 160 valence electrons. The van der Waals surface area contributed by atoms with E-state index in [2.05, 4.69) is 17.9 Å². The fourth-order valence-electron chi connectivity index (χ4n) is 3.66. The summed E-state index contributed by atoms with van der Waals surface area (Å²) in [6, 6.07) is 2.74. The third-order valence-corrected chi connectivity index (χ3v) is 5.61. The van der Waals surface area contributed by atoms with Crippen LogP contribution < -0.4 is 10.2 Å². The number of nitrogens with zero attached hydrogens (tertiary/aromatic N) is 2. The van der Waals surface area contributed by atoms with Crippen molar-refractivity contribution in [2.24, 2.45) is 0 Å². The van der Waals surface area contributed by atoms with Crippen molar-refractivity contribution < 1.29 is 8.78 Å². The van der Waals surface area contributed by atoms with Gasteiger partial charge in [-0.25, -0.2) is 8.78 Å². The molecule has 1 fully saturated rings. The second kappa shape index (κ2) is 11.9. The minimum absolute atomic E-state index is 0.0541. The molecule has 0 amide bonds. The van der Waals surface area contributed by atoms with E-state index in [1.807, 2.05) is 24.0 Å². The molecule has 29 heavy (non-hydrogen) atoms. The summed E-state index contributed by atoms with van der Waals surface area (Å²) in [5, 5.41) is 18.0. The first-order chi connectivity index (χ1) is 14.0. The van der Waals surface area contributed by atoms with Crippen LogP contribution in [0, 0.1) is 22.5 Å². The average Bonchev–Trinajstić information content (AvgIpc) is 2.73. The normalized spacial score (nSPS) is 16.2. The van der Waals surface area contributed by atoms with Gasteiger partial charge in [-0.05, 0) is 44.4 Å². The average molecular weight is 424 g/mol. The second-order valence-electron chi connectivity index (χ2n) is 7.20. The van der Waals surface area contributed by atoms with E-state index in [0.29, 0.717) is 31.5 Å². The number of benzene rings is 1. The maximum Gasteiger partial charge on any atom is 0.147 e. The van der Waals surface area contributed by atoms with E-state index in [4.69, 9.17) is 10.8 Å². The van der Waals surface area contributed by atoms with Gasteiger partial charge in [0.1, 0.15) is 11.6 Å². The van der Waals surface area contributed by atoms with Crippen LogP contribution in [-0.4, -0.2) is 48.5 Å². The van der Waals surface area contributed by atoms with Crippen molar-refractivity contribution in [1.29, 1.82) is 10.8 Å². The van der Waals surface area contributed by atoms with E-state index in [0.717, 1.165) is 31.3 Å². The van der Waals surface area contributed by atoms with E-state index in [9.17, 15) is 8.78 Å². The molecule has 3 N–H and O–H groups in total. The van der Waals surface area contributed by atoms with Crippen LogP contribution >= 0.6 is 12.6 Å². The van der Waals surface area contributed by atoms with Gasteiger partial charge in [0, 0.05) is 43.3 Å². The first kappa shape index (κ1) is 23.3. The summed E-state index contributed by atoms with van der Waals surface area (Å²) in [6.45, 7) is 3.32. The number of rotatable bonds is 11. The van der Waals surface area contributed by atoms with Gasteiger partial charge in [-0.15, -0.1) is 0 Å². The van der Waals surface area contributed by atoms with Crippen LogP contribution in [0.2, 0.25) is 0 Å². The quantitative estimate of drug-likeness (QED) is 0.187. The molecule has 1 aromatic rings. The molecule has 1 aliphatic rings. The maximum atomic E-state index is 14.7. The van der Waals surface area contributed by atoms with Gasteiger partial charge in [0.2, 0.25) is 0 Å². The summed E-state index contributed by atoms with van der Waals surface area (Å²) in [5.41, 5.74) is 0.598. The van der Waals surface area contributed by atoms with E-state index in [1.54, 1.807) is 0 Å². The molecular weight excluding hydrogens is 392 g/mol. The monoisotopic (exact) mass is 423 g/mol. The summed E-state index contributed by atoms with van der Waals surface area (Å²) < 4.78 is 29.4. The number of hydrogen-bond donors (Lipinski definition) is 4. The number of anilines is 1. The molecule has 0 bridgehead atoms. The summed E-state index contributed by atoms with van der Waals surface area (Å²) >= 11 is 4.23. The lowest BCUT2D eigenvalue weighted by Crippen LogP contribution is -2.44. The summed E-state index contributed by atoms with van der Waals surface area (Å²) in [7, 11) is 0. The van der Waals surface area contributed by atoms with Gasteiger partial charge >= 0.3 is 0 Å². The number of nitrogens with one attached hydrogen (secondary N) is 3. The fourth-order valence-corrected chi connectivity index (χ4v) is 3.84. The smallest absolute Gasteiger partial charge is 0.147 e. The van der Waals surface area contributed by atoms with Crippen LogP contribution in [0.3, 0.4) is 0 Å². The first-order valence-electron chi connectivity index (χ1n) is 10.0. The predicted molar refractivity (Wildman–Crippen MR) is 120 cm³/mol. The lowest BCUT2D eigenvalue weighted by atomic mass is 10.0. The highest BCUT2D eigenvalue weighted by Gasteiger charge is 2.25. The van der Waals surface area contributed by atoms with E-state index >= 15 is 0 Å². The van der Waals surface area contributed by atoms with Crippen molar-refractivity contribution in [2.75, 3.05) is 23.7 Å². The Kier molecular flexibility index (Phi) is 9.60. The summed E-state index contributed by atoms with van der Waals surface area (Å²) in [4.78, 5) is 3.38. The van der Waals surface area contributed by atoms with Gasteiger partial charge in [0.15, 0.2) is 0 Å². The van der Waals surface area contributed by atoms with Gasteiger partial charge in [0.25, 0.3) is 0 Å². The standard InChI is InChI=1S/C21H31F2N5S/c1-2-4-17(5-3-10-29)26-13-16-11-20(23)21(12-19(16)22)27-8-6-18(7-9-27)28(14-24)15-25/h2,4,11-12,14-15,17-18,24-26,29H,3,5-10,13H2,1H3. The zero-order valence-corrected chi connectivity index (χ0v) is 17.8. The molecule has 1 atom stereocenters. The minimum atomic E-state index is -0.421. The number of thiol groups is 1. The predicted octanol–water partition coefficient (Wildman–Crippen LogP) is 4.19. The van der Waals surface area contributed by atoms with Crippen LogP contribution in [0.25, 0.3) is 0 Å². The van der Waals surface area contributed by atoms with Crippen molar-refractivity contribution in [3.63, 3.8) is 0 Å². The largest absolute Gasteiger partial charge is 0.369 e. The first-order valence-corrected chi connectivity index (χ1v) is 10.7. The molecule has 1 unspecified atom stereocenters. The molecule has 0 saturated carbocycles. The summed E-state index contributed by atoms with van der Waals surface area (Å²) in [5.74, 6) is -0.0396. The Balaban J connectivity index is 2.02. The minimum Gasteiger partial charge on any atom is -0.369 e. The molecule has 5 nitrogen and oxygen atoms in total. The third-order valence-electron chi connectivity index (χ3n) is 5.29. The number of allylic oxidation sites excluding steroid dienone is 1. The SMILES string of the molecule is CC=CC(CCCS)NCc1cc(F)c(N2CCC(N(C=N)C=N)CC2)cc1F. The Morgan fingerprint density at radius 1 is 1.24 bits per heavy atom. The van der Waals surface area contributed by atoms with E-state index < -0.39 is 11.6 Å². The molecule has 1 saturated heterocycles. The highest BCUT2D eigenvalue weighted by Crippen LogP contribution is 2.27. The molecule has 0 aliphatic carbocycles. The molecule has 8 heteroatoms. The molecule has 2 rings (SSSR count). The van der Waals surface area contributed by atoms with Gasteiger partial charge < -0.3 is 15.1 Å². The molecule has 0 radical (unpaired) electrons. The third kappa shape index (κ3) is 6.54. The van der Waals surface area contributed by atoms with Crippen LogP contribution in [0.15, 0.2) is 24.3 Å². The zero-order chi connectivity index (χ0) is 21.2. The molecule has 1 heterocycles. The highest BCUT2D eigenvalue weighted by molar-refractivity contribution is 7.80. The topological polar surface area (TPSA) is 66.2 Å². The van der Waals surface area contributed by atoms with Crippen molar-refractivity contribution >= 4 is 31.0 Å². The Morgan fingerprint density at radius 3 is 2.52 bits per heavy atom. The molecule has 0 aromatic heterocycles. The van der Waals surface area contributed by atoms with Gasteiger partial charge in [-0.2, -0.15) is 12.6 Å². The van der Waals surface area contributed by atoms with Crippen molar-refractivity contribution in [1.82, 2.24) is 10.2 Å². The highest BCUT2D eigenvalue weighted by atomic mass is 32.1. The second-order valence-corrected chi connectivity index (χ2v) is 7.64. The van der Waals surface area contributed by atoms with Crippen LogP contribution in [0.5, 0.6) is 0 Å². The van der Waals surface area contributed by atoms with Crippen LogP contribution in [0.4, 0.5) is 14.5 Å². The van der Waals surface area contributed by atoms with Gasteiger partial charge in [-0.3, -0.25) is 10.8 Å². The Morgan fingerprint density at radius 2 is 1.93 bits per heavy atom. The Bertz CT molecular complexity index is 697.